The summed E-state index contributed by atoms with van der Waals surface area (Å²) >= 11 is 0. The molecule has 3 aromatic carbocycles. The van der Waals surface area contributed by atoms with E-state index in [0.29, 0.717) is 34.1 Å². The molecule has 0 fully saturated rings. The molecular formula is C26H24N4O8. The summed E-state index contributed by atoms with van der Waals surface area (Å²) in [7, 11) is 4.46. The van der Waals surface area contributed by atoms with Crippen molar-refractivity contribution in [3.8, 4) is 17.2 Å². The van der Waals surface area contributed by atoms with Crippen molar-refractivity contribution in [2.75, 3.05) is 26.6 Å². The van der Waals surface area contributed by atoms with Gasteiger partial charge in [0.15, 0.2) is 11.5 Å². The van der Waals surface area contributed by atoms with Gasteiger partial charge in [0.05, 0.1) is 26.3 Å². The van der Waals surface area contributed by atoms with Gasteiger partial charge in [-0.05, 0) is 42.5 Å². The number of rotatable bonds is 8. The molecule has 196 valence electrons. The number of nitro groups is 1. The first kappa shape index (κ1) is 25.9. The Balaban J connectivity index is 1.55. The van der Waals surface area contributed by atoms with Crippen LogP contribution in [0.2, 0.25) is 0 Å². The molecule has 3 aromatic rings. The van der Waals surface area contributed by atoms with Gasteiger partial charge in [0.2, 0.25) is 23.8 Å². The predicted octanol–water partition coefficient (Wildman–Crippen LogP) is 4.11. The molecule has 0 bridgehead atoms. The van der Waals surface area contributed by atoms with E-state index >= 15 is 0 Å². The molecule has 1 aliphatic rings. The third kappa shape index (κ3) is 5.19. The van der Waals surface area contributed by atoms with E-state index in [4.69, 9.17) is 18.9 Å². The van der Waals surface area contributed by atoms with Gasteiger partial charge < -0.3 is 24.3 Å². The third-order valence-electron chi connectivity index (χ3n) is 5.65. The Hall–Kier alpha value is -5.13. The fourth-order valence-electron chi connectivity index (χ4n) is 3.80. The van der Waals surface area contributed by atoms with Crippen LogP contribution in [0.5, 0.6) is 17.2 Å². The smallest absolute Gasteiger partial charge is 0.270 e. The van der Waals surface area contributed by atoms with Gasteiger partial charge in [-0.25, -0.2) is 0 Å². The number of methoxy groups -OCH3 is 3. The molecule has 0 saturated carbocycles. The lowest BCUT2D eigenvalue weighted by molar-refractivity contribution is -0.384. The molecule has 0 aliphatic carbocycles. The molecule has 1 unspecified atom stereocenters. The van der Waals surface area contributed by atoms with Crippen LogP contribution in [0.1, 0.15) is 34.6 Å². The number of hydrazone groups is 1. The van der Waals surface area contributed by atoms with Crippen molar-refractivity contribution >= 4 is 29.1 Å². The topological polar surface area (TPSA) is 142 Å². The molecule has 1 heterocycles. The summed E-state index contributed by atoms with van der Waals surface area (Å²) in [6.07, 6.45) is -0.885. The first-order valence-corrected chi connectivity index (χ1v) is 11.3. The van der Waals surface area contributed by atoms with E-state index in [1.807, 2.05) is 0 Å². The Bertz CT molecular complexity index is 1400. The molecule has 4 rings (SSSR count). The maximum atomic E-state index is 12.5. The van der Waals surface area contributed by atoms with Crippen LogP contribution in [0, 0.1) is 10.1 Å². The molecule has 0 saturated heterocycles. The number of amides is 2. The van der Waals surface area contributed by atoms with Gasteiger partial charge in [-0.15, -0.1) is 5.10 Å². The van der Waals surface area contributed by atoms with Crippen LogP contribution < -0.4 is 19.5 Å². The van der Waals surface area contributed by atoms with E-state index in [2.05, 4.69) is 10.4 Å². The van der Waals surface area contributed by atoms with E-state index < -0.39 is 17.1 Å². The van der Waals surface area contributed by atoms with Crippen LogP contribution in [0.3, 0.4) is 0 Å². The zero-order valence-corrected chi connectivity index (χ0v) is 21.0. The van der Waals surface area contributed by atoms with Gasteiger partial charge in [0.25, 0.3) is 11.6 Å². The summed E-state index contributed by atoms with van der Waals surface area (Å²) in [4.78, 5) is 35.3. The summed E-state index contributed by atoms with van der Waals surface area (Å²) in [5.74, 6) is 0.531. The van der Waals surface area contributed by atoms with Gasteiger partial charge in [-0.1, -0.05) is 6.07 Å². The molecule has 1 N–H and O–H groups in total. The normalized spacial score (nSPS) is 14.3. The molecule has 1 aliphatic heterocycles. The zero-order valence-electron chi connectivity index (χ0n) is 21.0. The number of carbonyl (C=O) groups excluding carboxylic acids is 2. The SMILES string of the molecule is COc1cc(C2OC(c3ccc(NC(=O)c4cccc([N+](=O)[O-])c4)cc3)=NN2C(C)=O)cc(OC)c1OC. The lowest BCUT2D eigenvalue weighted by atomic mass is 10.1. The molecule has 12 nitrogen and oxygen atoms in total. The van der Waals surface area contributed by atoms with Crippen molar-refractivity contribution in [2.45, 2.75) is 13.2 Å². The second-order valence-corrected chi connectivity index (χ2v) is 8.04. The molecule has 2 amide bonds. The molecule has 0 aromatic heterocycles. The molecule has 0 spiro atoms. The minimum Gasteiger partial charge on any atom is -0.493 e. The summed E-state index contributed by atoms with van der Waals surface area (Å²) in [6, 6.07) is 15.4. The van der Waals surface area contributed by atoms with Crippen LogP contribution in [0.25, 0.3) is 0 Å². The van der Waals surface area contributed by atoms with Gasteiger partial charge in [-0.3, -0.25) is 19.7 Å². The average Bonchev–Trinajstić information content (AvgIpc) is 3.38. The number of hydrogen-bond donors (Lipinski definition) is 1. The lowest BCUT2D eigenvalue weighted by Gasteiger charge is -2.21. The van der Waals surface area contributed by atoms with Crippen molar-refractivity contribution in [3.05, 3.63) is 87.5 Å². The maximum absolute atomic E-state index is 12.5. The predicted molar refractivity (Wildman–Crippen MR) is 136 cm³/mol. The van der Waals surface area contributed by atoms with Crippen LogP contribution in [0.15, 0.2) is 65.8 Å². The fourth-order valence-corrected chi connectivity index (χ4v) is 3.80. The summed E-state index contributed by atoms with van der Waals surface area (Å²) in [5, 5.41) is 19.2. The second kappa shape index (κ2) is 10.9. The largest absolute Gasteiger partial charge is 0.493 e. The van der Waals surface area contributed by atoms with Gasteiger partial charge in [-0.2, -0.15) is 5.01 Å². The van der Waals surface area contributed by atoms with Crippen molar-refractivity contribution in [2.24, 2.45) is 5.10 Å². The lowest BCUT2D eigenvalue weighted by Crippen LogP contribution is -2.25. The zero-order chi connectivity index (χ0) is 27.4. The van der Waals surface area contributed by atoms with Crippen molar-refractivity contribution in [1.29, 1.82) is 0 Å². The molecule has 1 atom stereocenters. The highest BCUT2D eigenvalue weighted by atomic mass is 16.6. The van der Waals surface area contributed by atoms with Crippen molar-refractivity contribution < 1.29 is 33.5 Å². The Morgan fingerprint density at radius 2 is 1.66 bits per heavy atom. The van der Waals surface area contributed by atoms with Crippen LogP contribution in [0.4, 0.5) is 11.4 Å². The van der Waals surface area contributed by atoms with E-state index in [1.54, 1.807) is 36.4 Å². The number of ether oxygens (including phenoxy) is 4. The number of anilines is 1. The first-order valence-electron chi connectivity index (χ1n) is 11.3. The Labute approximate surface area is 217 Å². The molecule has 0 radical (unpaired) electrons. The van der Waals surface area contributed by atoms with Crippen LogP contribution in [-0.4, -0.2) is 49.0 Å². The van der Waals surface area contributed by atoms with Crippen LogP contribution in [-0.2, 0) is 9.53 Å². The Morgan fingerprint density at radius 1 is 1.00 bits per heavy atom. The molecule has 38 heavy (non-hydrogen) atoms. The minimum atomic E-state index is -0.885. The standard InChI is InChI=1S/C26H24N4O8/c1-15(31)29-26(18-13-21(35-2)23(37-4)22(14-18)36-3)38-25(28-29)16-8-10-19(11-9-16)27-24(32)17-6-5-7-20(12-17)30(33)34/h5-14,26H,1-4H3,(H,27,32). The van der Waals surface area contributed by atoms with E-state index in [1.165, 1.54) is 57.5 Å². The highest BCUT2D eigenvalue weighted by Crippen LogP contribution is 2.42. The minimum absolute atomic E-state index is 0.150. The summed E-state index contributed by atoms with van der Waals surface area (Å²) < 4.78 is 22.2. The number of benzene rings is 3. The van der Waals surface area contributed by atoms with E-state index in [9.17, 15) is 19.7 Å². The van der Waals surface area contributed by atoms with Gasteiger partial charge >= 0.3 is 0 Å². The fraction of sp³-hybridized carbons (Fsp3) is 0.192. The van der Waals surface area contributed by atoms with E-state index in [-0.39, 0.29) is 23.1 Å². The number of nitrogens with one attached hydrogen (secondary N) is 1. The highest BCUT2D eigenvalue weighted by Gasteiger charge is 2.34. The molecular weight excluding hydrogens is 496 g/mol. The number of nitro benzene ring substituents is 1. The Morgan fingerprint density at radius 3 is 2.21 bits per heavy atom. The van der Waals surface area contributed by atoms with Gasteiger partial charge in [0.1, 0.15) is 0 Å². The molecule has 12 heteroatoms. The number of nitrogens with zero attached hydrogens (tertiary/aromatic N) is 3. The number of carbonyl (C=O) groups is 2. The first-order chi connectivity index (χ1) is 18.2. The summed E-state index contributed by atoms with van der Waals surface area (Å²) in [6.45, 7) is 1.37. The average molecular weight is 520 g/mol. The third-order valence-corrected chi connectivity index (χ3v) is 5.65. The number of hydrogen-bond acceptors (Lipinski definition) is 9. The van der Waals surface area contributed by atoms with Gasteiger partial charge in [0, 0.05) is 41.4 Å². The summed E-state index contributed by atoms with van der Waals surface area (Å²) in [5.41, 5.74) is 1.53. The number of non-ortho nitro benzene ring substituents is 1. The van der Waals surface area contributed by atoms with E-state index in [0.717, 1.165) is 0 Å². The maximum Gasteiger partial charge on any atom is 0.270 e. The van der Waals surface area contributed by atoms with Crippen molar-refractivity contribution in [1.82, 2.24) is 5.01 Å². The second-order valence-electron chi connectivity index (χ2n) is 8.04. The monoisotopic (exact) mass is 520 g/mol. The highest BCUT2D eigenvalue weighted by molar-refractivity contribution is 6.05. The quantitative estimate of drug-likeness (QED) is 0.345. The van der Waals surface area contributed by atoms with Crippen LogP contribution >= 0.6 is 0 Å². The van der Waals surface area contributed by atoms with Crippen molar-refractivity contribution in [3.63, 3.8) is 0 Å². The Kier molecular flexibility index (Phi) is 7.42.